The van der Waals surface area contributed by atoms with Crippen molar-refractivity contribution < 1.29 is 19.0 Å². The number of morpholine rings is 2. The van der Waals surface area contributed by atoms with Gasteiger partial charge in [0.2, 0.25) is 11.8 Å². The Labute approximate surface area is 212 Å². The fourth-order valence-electron chi connectivity index (χ4n) is 3.89. The monoisotopic (exact) mass is 497 g/mol. The zero-order chi connectivity index (χ0) is 25.2. The van der Waals surface area contributed by atoms with E-state index in [4.69, 9.17) is 14.2 Å². The van der Waals surface area contributed by atoms with Crippen LogP contribution in [0.2, 0.25) is 0 Å². The number of nitrogens with one attached hydrogen (secondary N) is 1. The fourth-order valence-corrected chi connectivity index (χ4v) is 3.89. The van der Waals surface area contributed by atoms with Gasteiger partial charge in [0.25, 0.3) is 5.91 Å². The average molecular weight is 498 g/mol. The van der Waals surface area contributed by atoms with Crippen LogP contribution in [0.1, 0.15) is 16.1 Å². The van der Waals surface area contributed by atoms with E-state index in [1.165, 1.54) is 0 Å². The van der Waals surface area contributed by atoms with Crippen LogP contribution in [-0.4, -0.2) is 112 Å². The minimum atomic E-state index is -0.316. The van der Waals surface area contributed by atoms with Crippen molar-refractivity contribution in [2.24, 2.45) is 5.10 Å². The molecule has 1 aromatic carbocycles. The number of rotatable bonds is 10. The highest BCUT2D eigenvalue weighted by Gasteiger charge is 2.19. The van der Waals surface area contributed by atoms with Gasteiger partial charge < -0.3 is 29.4 Å². The summed E-state index contributed by atoms with van der Waals surface area (Å²) in [4.78, 5) is 26.6. The third-order valence-corrected chi connectivity index (χ3v) is 5.80. The Kier molecular flexibility index (Phi) is 9.42. The van der Waals surface area contributed by atoms with Crippen LogP contribution in [0, 0.1) is 0 Å². The first-order chi connectivity index (χ1) is 17.6. The molecule has 36 heavy (non-hydrogen) atoms. The standard InChI is InChI=1S/C25H35N7O4/c1-30(2)26-7-6-20-4-3-5-21(18-20)27-24(33)22-19-23(36-17-10-31-8-13-34-14-9-31)29-25(28-22)32-11-15-35-16-12-32/h3-5,7,18-19H,6,8-17H2,1-2H3,(H,27,33)/b26-7+. The molecule has 0 saturated carbocycles. The van der Waals surface area contributed by atoms with E-state index >= 15 is 0 Å². The maximum atomic E-state index is 13.2. The van der Waals surface area contributed by atoms with Crippen LogP contribution in [0.5, 0.6) is 5.88 Å². The highest BCUT2D eigenvalue weighted by Crippen LogP contribution is 2.19. The second-order valence-electron chi connectivity index (χ2n) is 8.80. The number of ether oxygens (including phenoxy) is 3. The predicted molar refractivity (Wildman–Crippen MR) is 138 cm³/mol. The second kappa shape index (κ2) is 13.1. The van der Waals surface area contributed by atoms with E-state index in [-0.39, 0.29) is 11.6 Å². The molecule has 2 fully saturated rings. The fraction of sp³-hybridized carbons (Fsp3) is 0.520. The van der Waals surface area contributed by atoms with Gasteiger partial charge in [-0.25, -0.2) is 4.98 Å². The number of carbonyl (C=O) groups excluding carboxylic acids is 1. The molecule has 3 heterocycles. The average Bonchev–Trinajstić information content (AvgIpc) is 2.90. The number of nitrogens with zero attached hydrogens (tertiary/aromatic N) is 6. The molecule has 0 radical (unpaired) electrons. The summed E-state index contributed by atoms with van der Waals surface area (Å²) in [7, 11) is 3.75. The number of hydrogen-bond donors (Lipinski definition) is 1. The third-order valence-electron chi connectivity index (χ3n) is 5.80. The molecule has 2 aliphatic heterocycles. The van der Waals surface area contributed by atoms with Gasteiger partial charge in [0.05, 0.1) is 26.4 Å². The minimum Gasteiger partial charge on any atom is -0.476 e. The largest absolute Gasteiger partial charge is 0.476 e. The molecule has 0 aliphatic carbocycles. The summed E-state index contributed by atoms with van der Waals surface area (Å²) in [5.41, 5.74) is 1.99. The molecule has 194 valence electrons. The molecule has 4 rings (SSSR count). The first-order valence-electron chi connectivity index (χ1n) is 12.3. The Morgan fingerprint density at radius 3 is 2.61 bits per heavy atom. The number of anilines is 2. The lowest BCUT2D eigenvalue weighted by molar-refractivity contribution is 0.0320. The normalized spacial score (nSPS) is 16.8. The van der Waals surface area contributed by atoms with E-state index in [0.29, 0.717) is 56.8 Å². The van der Waals surface area contributed by atoms with Crippen LogP contribution in [-0.2, 0) is 15.9 Å². The van der Waals surface area contributed by atoms with Crippen molar-refractivity contribution in [1.82, 2.24) is 19.9 Å². The zero-order valence-electron chi connectivity index (χ0n) is 21.1. The van der Waals surface area contributed by atoms with Gasteiger partial charge in [0.1, 0.15) is 12.3 Å². The zero-order valence-corrected chi connectivity index (χ0v) is 21.1. The maximum Gasteiger partial charge on any atom is 0.274 e. The SMILES string of the molecule is CN(C)/N=C/Cc1cccc(NC(=O)c2cc(OCCN3CCOCC3)nc(N3CCOCC3)n2)c1. The van der Waals surface area contributed by atoms with Gasteiger partial charge in [0.15, 0.2) is 0 Å². The van der Waals surface area contributed by atoms with E-state index < -0.39 is 0 Å². The van der Waals surface area contributed by atoms with Gasteiger partial charge in [0, 0.05) is 71.2 Å². The quantitative estimate of drug-likeness (QED) is 0.385. The third kappa shape index (κ3) is 7.87. The number of aromatic nitrogens is 2. The molecular weight excluding hydrogens is 462 g/mol. The predicted octanol–water partition coefficient (Wildman–Crippen LogP) is 1.37. The first kappa shape index (κ1) is 25.8. The molecule has 11 heteroatoms. The summed E-state index contributed by atoms with van der Waals surface area (Å²) < 4.78 is 16.8. The van der Waals surface area contributed by atoms with Gasteiger partial charge in [-0.1, -0.05) is 12.1 Å². The lowest BCUT2D eigenvalue weighted by Gasteiger charge is -2.27. The van der Waals surface area contributed by atoms with Crippen molar-refractivity contribution in [2.75, 3.05) is 90.1 Å². The molecule has 0 spiro atoms. The van der Waals surface area contributed by atoms with Crippen LogP contribution in [0.4, 0.5) is 11.6 Å². The number of hydrogen-bond acceptors (Lipinski definition) is 10. The van der Waals surface area contributed by atoms with E-state index in [1.54, 1.807) is 11.1 Å². The molecule has 0 unspecified atom stereocenters. The van der Waals surface area contributed by atoms with Crippen molar-refractivity contribution in [1.29, 1.82) is 0 Å². The first-order valence-corrected chi connectivity index (χ1v) is 12.3. The Morgan fingerprint density at radius 1 is 1.11 bits per heavy atom. The molecule has 2 saturated heterocycles. The lowest BCUT2D eigenvalue weighted by Crippen LogP contribution is -2.39. The molecule has 11 nitrogen and oxygen atoms in total. The molecule has 2 aromatic rings. The van der Waals surface area contributed by atoms with Crippen LogP contribution in [0.3, 0.4) is 0 Å². The molecule has 0 atom stereocenters. The summed E-state index contributed by atoms with van der Waals surface area (Å²) in [5.74, 6) is 0.545. The molecule has 1 N–H and O–H groups in total. The molecule has 1 aromatic heterocycles. The van der Waals surface area contributed by atoms with Crippen molar-refractivity contribution in [3.63, 3.8) is 0 Å². The topological polar surface area (TPSA) is 105 Å². The van der Waals surface area contributed by atoms with Gasteiger partial charge in [-0.2, -0.15) is 10.1 Å². The van der Waals surface area contributed by atoms with Crippen LogP contribution < -0.4 is 15.0 Å². The highest BCUT2D eigenvalue weighted by atomic mass is 16.5. The smallest absolute Gasteiger partial charge is 0.274 e. The summed E-state index contributed by atoms with van der Waals surface area (Å²) in [6.45, 7) is 7.01. The van der Waals surface area contributed by atoms with Crippen molar-refractivity contribution in [3.05, 3.63) is 41.6 Å². The van der Waals surface area contributed by atoms with Crippen LogP contribution in [0.15, 0.2) is 35.4 Å². The van der Waals surface area contributed by atoms with E-state index in [9.17, 15) is 4.79 Å². The molecular formula is C25H35N7O4. The van der Waals surface area contributed by atoms with Gasteiger partial charge >= 0.3 is 0 Å². The second-order valence-corrected chi connectivity index (χ2v) is 8.80. The number of amides is 1. The summed E-state index contributed by atoms with van der Waals surface area (Å²) in [6, 6.07) is 9.30. The summed E-state index contributed by atoms with van der Waals surface area (Å²) in [6.07, 6.45) is 2.50. The molecule has 2 aliphatic rings. The van der Waals surface area contributed by atoms with Crippen LogP contribution in [0.25, 0.3) is 0 Å². The summed E-state index contributed by atoms with van der Waals surface area (Å²) >= 11 is 0. The maximum absolute atomic E-state index is 13.2. The Bertz CT molecular complexity index is 1020. The molecule has 0 bridgehead atoms. The summed E-state index contributed by atoms with van der Waals surface area (Å²) in [5, 5.41) is 8.94. The van der Waals surface area contributed by atoms with Gasteiger partial charge in [-0.3, -0.25) is 9.69 Å². The Hall–Kier alpha value is -3.28. The van der Waals surface area contributed by atoms with E-state index in [0.717, 1.165) is 38.4 Å². The van der Waals surface area contributed by atoms with Crippen molar-refractivity contribution >= 4 is 23.8 Å². The van der Waals surface area contributed by atoms with Crippen molar-refractivity contribution in [2.45, 2.75) is 6.42 Å². The van der Waals surface area contributed by atoms with Gasteiger partial charge in [-0.15, -0.1) is 0 Å². The van der Waals surface area contributed by atoms with Crippen LogP contribution >= 0.6 is 0 Å². The van der Waals surface area contributed by atoms with E-state index in [2.05, 4.69) is 25.3 Å². The number of carbonyl (C=O) groups is 1. The lowest BCUT2D eigenvalue weighted by atomic mass is 10.1. The number of hydrazone groups is 1. The Balaban J connectivity index is 1.45. The number of benzene rings is 1. The minimum absolute atomic E-state index is 0.257. The van der Waals surface area contributed by atoms with E-state index in [1.807, 2.05) is 49.5 Å². The van der Waals surface area contributed by atoms with Gasteiger partial charge in [-0.05, 0) is 17.7 Å². The Morgan fingerprint density at radius 2 is 1.86 bits per heavy atom. The highest BCUT2D eigenvalue weighted by molar-refractivity contribution is 6.03. The van der Waals surface area contributed by atoms with Crippen molar-refractivity contribution in [3.8, 4) is 5.88 Å². The molecule has 1 amide bonds.